The lowest BCUT2D eigenvalue weighted by atomic mass is 10.0. The largest absolute Gasteiger partial charge is 0.507 e. The van der Waals surface area contributed by atoms with Crippen LogP contribution in [0.3, 0.4) is 0 Å². The van der Waals surface area contributed by atoms with Crippen molar-refractivity contribution < 1.29 is 38.7 Å². The molecule has 0 bridgehead atoms. The highest BCUT2D eigenvalue weighted by Crippen LogP contribution is 2.52. The number of methoxy groups -OCH3 is 1. The van der Waals surface area contributed by atoms with Crippen molar-refractivity contribution in [3.63, 3.8) is 0 Å². The summed E-state index contributed by atoms with van der Waals surface area (Å²) < 4.78 is 21.2. The van der Waals surface area contributed by atoms with E-state index < -0.39 is 24.0 Å². The third-order valence-corrected chi connectivity index (χ3v) is 4.44. The number of aryl methyl sites for hydroxylation is 1. The molecule has 8 heteroatoms. The number of carbonyl (C=O) groups excluding carboxylic acids is 2. The van der Waals surface area contributed by atoms with Crippen LogP contribution in [-0.2, 0) is 4.74 Å². The molecule has 2 heterocycles. The van der Waals surface area contributed by atoms with E-state index >= 15 is 0 Å². The minimum absolute atomic E-state index is 0.0617. The van der Waals surface area contributed by atoms with Gasteiger partial charge in [0.05, 0.1) is 12.7 Å². The Bertz CT molecular complexity index is 992. The Balaban J connectivity index is 2.03. The van der Waals surface area contributed by atoms with Gasteiger partial charge in [0.15, 0.2) is 11.5 Å². The Morgan fingerprint density at radius 1 is 1.04 bits per heavy atom. The highest BCUT2D eigenvalue weighted by molar-refractivity contribution is 6.01. The Kier molecular flexibility index (Phi) is 3.35. The van der Waals surface area contributed by atoms with Gasteiger partial charge in [0.25, 0.3) is 0 Å². The number of cyclic esters (lactones) is 1. The van der Waals surface area contributed by atoms with Gasteiger partial charge in [-0.1, -0.05) is 0 Å². The third-order valence-electron chi connectivity index (χ3n) is 4.44. The van der Waals surface area contributed by atoms with Crippen LogP contribution in [0.25, 0.3) is 0 Å². The SMILES string of the molecule is COc1cc(C)c2c(c1)Oc1c(c(C)c(O)c3c1C(O)OC3=O)OC2=O. The first-order valence-electron chi connectivity index (χ1n) is 7.70. The number of benzene rings is 2. The number of fused-ring (bicyclic) bond motifs is 4. The highest BCUT2D eigenvalue weighted by Gasteiger charge is 2.42. The lowest BCUT2D eigenvalue weighted by Gasteiger charge is -2.15. The summed E-state index contributed by atoms with van der Waals surface area (Å²) in [6, 6.07) is 3.15. The van der Waals surface area contributed by atoms with E-state index in [4.69, 9.17) is 18.9 Å². The van der Waals surface area contributed by atoms with Crippen molar-refractivity contribution in [3.05, 3.63) is 39.9 Å². The number of hydrogen-bond donors (Lipinski definition) is 2. The van der Waals surface area contributed by atoms with E-state index in [-0.39, 0.29) is 39.5 Å². The van der Waals surface area contributed by atoms with Crippen LogP contribution < -0.4 is 14.2 Å². The van der Waals surface area contributed by atoms with Gasteiger partial charge in [0, 0.05) is 11.6 Å². The molecule has 2 aliphatic heterocycles. The Morgan fingerprint density at radius 2 is 1.77 bits per heavy atom. The summed E-state index contributed by atoms with van der Waals surface area (Å²) in [4.78, 5) is 24.6. The molecule has 0 saturated heterocycles. The zero-order valence-electron chi connectivity index (χ0n) is 14.1. The van der Waals surface area contributed by atoms with Gasteiger partial charge in [-0.15, -0.1) is 0 Å². The molecule has 2 aliphatic rings. The molecule has 0 radical (unpaired) electrons. The van der Waals surface area contributed by atoms with Crippen LogP contribution in [-0.4, -0.2) is 29.3 Å². The highest BCUT2D eigenvalue weighted by atomic mass is 16.6. The summed E-state index contributed by atoms with van der Waals surface area (Å²) in [7, 11) is 1.47. The number of phenols is 1. The second-order valence-electron chi connectivity index (χ2n) is 5.99. The fourth-order valence-corrected chi connectivity index (χ4v) is 3.15. The van der Waals surface area contributed by atoms with E-state index in [0.29, 0.717) is 11.3 Å². The lowest BCUT2D eigenvalue weighted by molar-refractivity contribution is -0.0555. The smallest absolute Gasteiger partial charge is 0.347 e. The van der Waals surface area contributed by atoms with Crippen LogP contribution in [0.5, 0.6) is 28.7 Å². The van der Waals surface area contributed by atoms with Crippen molar-refractivity contribution in [2.75, 3.05) is 7.11 Å². The van der Waals surface area contributed by atoms with Crippen molar-refractivity contribution in [3.8, 4) is 28.7 Å². The monoisotopic (exact) mass is 358 g/mol. The number of aliphatic hydroxyl groups is 1. The number of ether oxygens (including phenoxy) is 4. The molecular weight excluding hydrogens is 344 g/mol. The number of hydrogen-bond acceptors (Lipinski definition) is 8. The molecule has 0 spiro atoms. The van der Waals surface area contributed by atoms with Crippen LogP contribution in [0.2, 0.25) is 0 Å². The molecule has 2 aromatic rings. The van der Waals surface area contributed by atoms with E-state index in [1.54, 1.807) is 13.0 Å². The van der Waals surface area contributed by atoms with E-state index in [2.05, 4.69) is 0 Å². The maximum absolute atomic E-state index is 12.6. The molecule has 2 aromatic carbocycles. The molecule has 0 fully saturated rings. The molecule has 0 saturated carbocycles. The van der Waals surface area contributed by atoms with Crippen molar-refractivity contribution in [1.82, 2.24) is 0 Å². The minimum atomic E-state index is -1.65. The lowest BCUT2D eigenvalue weighted by Crippen LogP contribution is -2.10. The fourth-order valence-electron chi connectivity index (χ4n) is 3.15. The maximum Gasteiger partial charge on any atom is 0.347 e. The first-order valence-corrected chi connectivity index (χ1v) is 7.70. The molecule has 8 nitrogen and oxygen atoms in total. The Labute approximate surface area is 147 Å². The predicted octanol–water partition coefficient (Wildman–Crippen LogP) is 2.50. The number of rotatable bonds is 1. The van der Waals surface area contributed by atoms with Gasteiger partial charge < -0.3 is 29.2 Å². The van der Waals surface area contributed by atoms with Crippen molar-refractivity contribution in [2.45, 2.75) is 20.1 Å². The maximum atomic E-state index is 12.6. The summed E-state index contributed by atoms with van der Waals surface area (Å²) in [6.07, 6.45) is -1.65. The summed E-state index contributed by atoms with van der Waals surface area (Å²) in [6.45, 7) is 3.16. The number of aliphatic hydroxyl groups excluding tert-OH is 1. The molecular formula is C18H14O8. The van der Waals surface area contributed by atoms with Crippen LogP contribution >= 0.6 is 0 Å². The van der Waals surface area contributed by atoms with E-state index in [9.17, 15) is 19.8 Å². The van der Waals surface area contributed by atoms with E-state index in [1.165, 1.54) is 20.1 Å². The fraction of sp³-hybridized carbons (Fsp3) is 0.222. The summed E-state index contributed by atoms with van der Waals surface area (Å²) in [5, 5.41) is 20.4. The van der Waals surface area contributed by atoms with Gasteiger partial charge in [-0.2, -0.15) is 0 Å². The van der Waals surface area contributed by atoms with Crippen molar-refractivity contribution in [2.24, 2.45) is 0 Å². The zero-order valence-corrected chi connectivity index (χ0v) is 14.1. The normalized spacial score (nSPS) is 17.3. The van der Waals surface area contributed by atoms with Crippen LogP contribution in [0, 0.1) is 13.8 Å². The van der Waals surface area contributed by atoms with Gasteiger partial charge in [0.1, 0.15) is 28.4 Å². The molecule has 0 aromatic heterocycles. The molecule has 2 N–H and O–H groups in total. The zero-order chi connectivity index (χ0) is 18.7. The molecule has 26 heavy (non-hydrogen) atoms. The summed E-state index contributed by atoms with van der Waals surface area (Å²) in [5.74, 6) is -1.57. The number of esters is 2. The quantitative estimate of drug-likeness (QED) is 0.591. The first-order chi connectivity index (χ1) is 12.3. The average Bonchev–Trinajstić information content (AvgIpc) is 2.79. The third kappa shape index (κ3) is 2.05. The van der Waals surface area contributed by atoms with Gasteiger partial charge >= 0.3 is 11.9 Å². The van der Waals surface area contributed by atoms with Gasteiger partial charge in [0.2, 0.25) is 6.29 Å². The van der Waals surface area contributed by atoms with Gasteiger partial charge in [-0.3, -0.25) is 0 Å². The van der Waals surface area contributed by atoms with Crippen LogP contribution in [0.4, 0.5) is 0 Å². The molecule has 134 valence electrons. The van der Waals surface area contributed by atoms with Crippen LogP contribution in [0.1, 0.15) is 43.7 Å². The van der Waals surface area contributed by atoms with Crippen molar-refractivity contribution >= 4 is 11.9 Å². The van der Waals surface area contributed by atoms with Crippen LogP contribution in [0.15, 0.2) is 12.1 Å². The van der Waals surface area contributed by atoms with E-state index in [0.717, 1.165) is 0 Å². The number of carbonyl (C=O) groups is 2. The Morgan fingerprint density at radius 3 is 2.46 bits per heavy atom. The van der Waals surface area contributed by atoms with Gasteiger partial charge in [-0.25, -0.2) is 9.59 Å². The average molecular weight is 358 g/mol. The van der Waals surface area contributed by atoms with E-state index in [1.807, 2.05) is 0 Å². The number of phenolic OH excluding ortho intramolecular Hbond substituents is 1. The molecule has 1 unspecified atom stereocenters. The standard InChI is InChI=1S/C18H14O8/c1-6-4-8(23-3)5-9-10(6)16(20)25-14-7(2)13(19)11-12(15(14)24-9)18(22)26-17(11)21/h4-5,18-19,22H,1-3H3. The Hall–Kier alpha value is -3.26. The topological polar surface area (TPSA) is 112 Å². The molecule has 0 aliphatic carbocycles. The molecule has 4 rings (SSSR count). The first kappa shape index (κ1) is 16.2. The molecule has 0 amide bonds. The molecule has 1 atom stereocenters. The second-order valence-corrected chi connectivity index (χ2v) is 5.99. The summed E-state index contributed by atoms with van der Waals surface area (Å²) >= 11 is 0. The number of aromatic hydroxyl groups is 1. The predicted molar refractivity (Wildman–Crippen MR) is 86.0 cm³/mol. The van der Waals surface area contributed by atoms with Gasteiger partial charge in [-0.05, 0) is 25.5 Å². The second kappa shape index (κ2) is 5.37. The summed E-state index contributed by atoms with van der Waals surface area (Å²) in [5.41, 5.74) is 0.551. The minimum Gasteiger partial charge on any atom is -0.507 e. The van der Waals surface area contributed by atoms with Crippen molar-refractivity contribution in [1.29, 1.82) is 0 Å².